The van der Waals surface area contributed by atoms with E-state index < -0.39 is 6.10 Å². The third kappa shape index (κ3) is 3.52. The van der Waals surface area contributed by atoms with Crippen LogP contribution in [-0.4, -0.2) is 37.0 Å². The van der Waals surface area contributed by atoms with Crippen molar-refractivity contribution in [2.45, 2.75) is 32.9 Å². The van der Waals surface area contributed by atoms with Crippen molar-refractivity contribution in [3.05, 3.63) is 23.8 Å². The highest BCUT2D eigenvalue weighted by atomic mass is 16.5. The largest absolute Gasteiger partial charge is 0.478 e. The number of hydrogen-bond acceptors (Lipinski definition) is 4. The Kier molecular flexibility index (Phi) is 4.80. The van der Waals surface area contributed by atoms with Crippen molar-refractivity contribution in [3.63, 3.8) is 0 Å². The zero-order valence-electron chi connectivity index (χ0n) is 12.5. The maximum absolute atomic E-state index is 12.3. The van der Waals surface area contributed by atoms with Gasteiger partial charge in [0.05, 0.1) is 11.3 Å². The van der Waals surface area contributed by atoms with Gasteiger partial charge in [-0.3, -0.25) is 9.59 Å². The van der Waals surface area contributed by atoms with Crippen LogP contribution in [0.2, 0.25) is 0 Å². The Balaban J connectivity index is 2.12. The first-order valence-corrected chi connectivity index (χ1v) is 7.15. The van der Waals surface area contributed by atoms with E-state index in [0.717, 1.165) is 6.54 Å². The lowest BCUT2D eigenvalue weighted by molar-refractivity contribution is -0.122. The molecule has 1 unspecified atom stereocenters. The first-order chi connectivity index (χ1) is 10.0. The molecular weight excluding hydrogens is 270 g/mol. The standard InChI is InChI=1S/C15H21N3O3/c1-4-16-9(2)8-17-15(20)11-6-5-7-12-13(11)21-10(3)14(19)18-12/h5-7,9-10,16H,4,8H2,1-3H3,(H,17,20)(H,18,19)/t9-,10?/m1/s1. The first kappa shape index (κ1) is 15.3. The number of likely N-dealkylation sites (N-methyl/N-ethyl adjacent to an activating group) is 1. The van der Waals surface area contributed by atoms with E-state index in [4.69, 9.17) is 4.74 Å². The average Bonchev–Trinajstić information content (AvgIpc) is 2.46. The molecule has 0 saturated heterocycles. The number of benzene rings is 1. The summed E-state index contributed by atoms with van der Waals surface area (Å²) in [5.41, 5.74) is 0.966. The zero-order chi connectivity index (χ0) is 15.4. The molecule has 2 rings (SSSR count). The molecule has 1 aliphatic heterocycles. The topological polar surface area (TPSA) is 79.5 Å². The smallest absolute Gasteiger partial charge is 0.265 e. The van der Waals surface area contributed by atoms with Crippen molar-refractivity contribution in [2.24, 2.45) is 0 Å². The van der Waals surface area contributed by atoms with Gasteiger partial charge >= 0.3 is 0 Å². The van der Waals surface area contributed by atoms with E-state index in [9.17, 15) is 9.59 Å². The maximum Gasteiger partial charge on any atom is 0.265 e. The highest BCUT2D eigenvalue weighted by molar-refractivity contribution is 6.03. The second-order valence-corrected chi connectivity index (χ2v) is 5.10. The Morgan fingerprint density at radius 3 is 2.95 bits per heavy atom. The number of amides is 2. The molecule has 1 aliphatic rings. The summed E-state index contributed by atoms with van der Waals surface area (Å²) in [7, 11) is 0. The minimum atomic E-state index is -0.605. The van der Waals surface area contributed by atoms with Crippen LogP contribution in [0.1, 0.15) is 31.1 Å². The molecule has 1 heterocycles. The predicted octanol–water partition coefficient (Wildman–Crippen LogP) is 1.13. The summed E-state index contributed by atoms with van der Waals surface area (Å²) in [6.45, 7) is 7.05. The van der Waals surface area contributed by atoms with Crippen molar-refractivity contribution < 1.29 is 14.3 Å². The van der Waals surface area contributed by atoms with Gasteiger partial charge in [-0.2, -0.15) is 0 Å². The number of ether oxygens (including phenoxy) is 1. The Morgan fingerprint density at radius 1 is 1.48 bits per heavy atom. The van der Waals surface area contributed by atoms with E-state index in [-0.39, 0.29) is 17.9 Å². The molecule has 0 saturated carbocycles. The van der Waals surface area contributed by atoms with Crippen molar-refractivity contribution in [3.8, 4) is 5.75 Å². The van der Waals surface area contributed by atoms with Gasteiger partial charge in [0, 0.05) is 12.6 Å². The van der Waals surface area contributed by atoms with Gasteiger partial charge in [0.2, 0.25) is 0 Å². The summed E-state index contributed by atoms with van der Waals surface area (Å²) in [6, 6.07) is 5.33. The molecular formula is C15H21N3O3. The number of nitrogens with one attached hydrogen (secondary N) is 3. The van der Waals surface area contributed by atoms with E-state index >= 15 is 0 Å². The lowest BCUT2D eigenvalue weighted by Gasteiger charge is -2.25. The number of fused-ring (bicyclic) bond motifs is 1. The molecule has 0 fully saturated rings. The van der Waals surface area contributed by atoms with Crippen LogP contribution in [0.25, 0.3) is 0 Å². The number of carbonyl (C=O) groups excluding carboxylic acids is 2. The monoisotopic (exact) mass is 291 g/mol. The van der Waals surface area contributed by atoms with Crippen molar-refractivity contribution in [1.82, 2.24) is 10.6 Å². The fraction of sp³-hybridized carbons (Fsp3) is 0.467. The van der Waals surface area contributed by atoms with Crippen LogP contribution >= 0.6 is 0 Å². The van der Waals surface area contributed by atoms with Crippen LogP contribution in [0.3, 0.4) is 0 Å². The summed E-state index contributed by atoms with van der Waals surface area (Å²) < 4.78 is 5.56. The lowest BCUT2D eigenvalue weighted by Crippen LogP contribution is -2.40. The van der Waals surface area contributed by atoms with E-state index in [1.54, 1.807) is 25.1 Å². The lowest BCUT2D eigenvalue weighted by atomic mass is 10.1. The number of anilines is 1. The summed E-state index contributed by atoms with van der Waals surface area (Å²) in [4.78, 5) is 23.9. The summed E-state index contributed by atoms with van der Waals surface area (Å²) >= 11 is 0. The molecule has 6 heteroatoms. The second-order valence-electron chi connectivity index (χ2n) is 5.10. The van der Waals surface area contributed by atoms with Gasteiger partial charge < -0.3 is 20.7 Å². The van der Waals surface area contributed by atoms with Gasteiger partial charge in [-0.15, -0.1) is 0 Å². The summed E-state index contributed by atoms with van der Waals surface area (Å²) in [5.74, 6) is 0.0129. The minimum Gasteiger partial charge on any atom is -0.478 e. The fourth-order valence-electron chi connectivity index (χ4n) is 2.17. The third-order valence-corrected chi connectivity index (χ3v) is 3.30. The molecule has 114 valence electrons. The molecule has 2 amide bonds. The Morgan fingerprint density at radius 2 is 2.24 bits per heavy atom. The van der Waals surface area contributed by atoms with Gasteiger partial charge in [-0.05, 0) is 32.5 Å². The molecule has 0 aliphatic carbocycles. The molecule has 1 aromatic carbocycles. The Hall–Kier alpha value is -2.08. The third-order valence-electron chi connectivity index (χ3n) is 3.30. The van der Waals surface area contributed by atoms with Gasteiger partial charge in [-0.25, -0.2) is 0 Å². The average molecular weight is 291 g/mol. The van der Waals surface area contributed by atoms with E-state index in [2.05, 4.69) is 16.0 Å². The van der Waals surface area contributed by atoms with E-state index in [1.165, 1.54) is 0 Å². The van der Waals surface area contributed by atoms with E-state index in [1.807, 2.05) is 13.8 Å². The van der Waals surface area contributed by atoms with Gasteiger partial charge in [-0.1, -0.05) is 13.0 Å². The van der Waals surface area contributed by atoms with Crippen LogP contribution in [-0.2, 0) is 4.79 Å². The van der Waals surface area contributed by atoms with Crippen LogP contribution < -0.4 is 20.7 Å². The first-order valence-electron chi connectivity index (χ1n) is 7.15. The zero-order valence-corrected chi connectivity index (χ0v) is 12.5. The van der Waals surface area contributed by atoms with Crippen LogP contribution in [0.5, 0.6) is 5.75 Å². The normalized spacial score (nSPS) is 18.2. The van der Waals surface area contributed by atoms with Crippen LogP contribution in [0, 0.1) is 0 Å². The highest BCUT2D eigenvalue weighted by Crippen LogP contribution is 2.33. The van der Waals surface area contributed by atoms with Crippen LogP contribution in [0.15, 0.2) is 18.2 Å². The van der Waals surface area contributed by atoms with Gasteiger partial charge in [0.1, 0.15) is 0 Å². The molecule has 0 radical (unpaired) electrons. The highest BCUT2D eigenvalue weighted by Gasteiger charge is 2.27. The van der Waals surface area contributed by atoms with Gasteiger partial charge in [0.25, 0.3) is 11.8 Å². The number of para-hydroxylation sites is 1. The summed E-state index contributed by atoms with van der Waals surface area (Å²) in [6.07, 6.45) is -0.605. The Bertz CT molecular complexity index is 545. The van der Waals surface area contributed by atoms with E-state index in [0.29, 0.717) is 23.5 Å². The Labute approximate surface area is 124 Å². The molecule has 2 atom stereocenters. The van der Waals surface area contributed by atoms with Crippen LogP contribution in [0.4, 0.5) is 5.69 Å². The maximum atomic E-state index is 12.3. The number of carbonyl (C=O) groups is 2. The van der Waals surface area contributed by atoms with Crippen molar-refractivity contribution >= 4 is 17.5 Å². The molecule has 21 heavy (non-hydrogen) atoms. The molecule has 3 N–H and O–H groups in total. The quantitative estimate of drug-likeness (QED) is 0.760. The van der Waals surface area contributed by atoms with Gasteiger partial charge in [0.15, 0.2) is 11.9 Å². The minimum absolute atomic E-state index is 0.193. The second kappa shape index (κ2) is 6.58. The van der Waals surface area contributed by atoms with Crippen molar-refractivity contribution in [2.75, 3.05) is 18.4 Å². The van der Waals surface area contributed by atoms with Crippen molar-refractivity contribution in [1.29, 1.82) is 0 Å². The molecule has 0 aromatic heterocycles. The molecule has 0 bridgehead atoms. The predicted molar refractivity (Wildman–Crippen MR) is 80.6 cm³/mol. The molecule has 0 spiro atoms. The fourth-order valence-corrected chi connectivity index (χ4v) is 2.17. The molecule has 6 nitrogen and oxygen atoms in total. The number of rotatable bonds is 5. The summed E-state index contributed by atoms with van der Waals surface area (Å²) in [5, 5.41) is 8.82. The SMILES string of the molecule is CCN[C@H](C)CNC(=O)c1cccc2c1OC(C)C(=O)N2. The number of hydrogen-bond donors (Lipinski definition) is 3. The molecule has 1 aromatic rings.